The Bertz CT molecular complexity index is 720. The van der Waals surface area contributed by atoms with Crippen LogP contribution in [0.4, 0.5) is 5.82 Å². The molecule has 2 heterocycles. The summed E-state index contributed by atoms with van der Waals surface area (Å²) in [6.45, 7) is 2.73. The molecule has 0 aliphatic heterocycles. The van der Waals surface area contributed by atoms with Gasteiger partial charge in [-0.05, 0) is 42.3 Å². The van der Waals surface area contributed by atoms with Gasteiger partial charge in [0.15, 0.2) is 5.65 Å². The summed E-state index contributed by atoms with van der Waals surface area (Å²) in [7, 11) is 0. The zero-order chi connectivity index (χ0) is 13.2. The minimum absolute atomic E-state index is 0.693. The van der Waals surface area contributed by atoms with E-state index < -0.39 is 0 Å². The molecular formula is C14H13ClN4. The Hall–Kier alpha value is -2.07. The molecule has 3 aromatic rings. The van der Waals surface area contributed by atoms with Crippen LogP contribution in [0.1, 0.15) is 11.1 Å². The van der Waals surface area contributed by atoms with Gasteiger partial charge in [-0.1, -0.05) is 23.7 Å². The number of hydrogen-bond acceptors (Lipinski definition) is 3. The van der Waals surface area contributed by atoms with Gasteiger partial charge < -0.3 is 5.32 Å². The van der Waals surface area contributed by atoms with E-state index in [0.717, 1.165) is 27.6 Å². The van der Waals surface area contributed by atoms with E-state index in [0.29, 0.717) is 6.54 Å². The average Bonchev–Trinajstić information content (AvgIpc) is 2.84. The minimum atomic E-state index is 0.693. The van der Waals surface area contributed by atoms with Crippen LogP contribution in [0.25, 0.3) is 5.65 Å². The first-order chi connectivity index (χ1) is 9.22. The second kappa shape index (κ2) is 4.90. The molecule has 0 saturated carbocycles. The average molecular weight is 273 g/mol. The highest BCUT2D eigenvalue weighted by atomic mass is 35.5. The van der Waals surface area contributed by atoms with Gasteiger partial charge >= 0.3 is 0 Å². The number of aromatic nitrogens is 3. The lowest BCUT2D eigenvalue weighted by atomic mass is 10.2. The molecule has 1 aromatic carbocycles. The molecule has 0 bridgehead atoms. The number of nitrogens with zero attached hydrogens (tertiary/aromatic N) is 3. The molecular weight excluding hydrogens is 260 g/mol. The number of pyridine rings is 1. The molecule has 3 rings (SSSR count). The Morgan fingerprint density at radius 2 is 2.16 bits per heavy atom. The number of halogens is 1. The van der Waals surface area contributed by atoms with E-state index >= 15 is 0 Å². The lowest BCUT2D eigenvalue weighted by Gasteiger charge is -2.09. The highest BCUT2D eigenvalue weighted by Crippen LogP contribution is 2.16. The van der Waals surface area contributed by atoms with Crippen molar-refractivity contribution in [2.45, 2.75) is 13.5 Å². The predicted molar refractivity (Wildman–Crippen MR) is 76.5 cm³/mol. The van der Waals surface area contributed by atoms with E-state index in [9.17, 15) is 0 Å². The second-order valence-electron chi connectivity index (χ2n) is 4.43. The van der Waals surface area contributed by atoms with E-state index in [4.69, 9.17) is 11.6 Å². The fourth-order valence-corrected chi connectivity index (χ4v) is 2.23. The van der Waals surface area contributed by atoms with Crippen LogP contribution < -0.4 is 5.32 Å². The van der Waals surface area contributed by atoms with E-state index in [2.05, 4.69) is 15.4 Å². The van der Waals surface area contributed by atoms with Crippen molar-refractivity contribution in [2.75, 3.05) is 5.32 Å². The first-order valence-corrected chi connectivity index (χ1v) is 6.39. The minimum Gasteiger partial charge on any atom is -0.366 e. The van der Waals surface area contributed by atoms with Crippen molar-refractivity contribution in [3.8, 4) is 0 Å². The van der Waals surface area contributed by atoms with Gasteiger partial charge in [0.25, 0.3) is 0 Å². The molecule has 5 heteroatoms. The van der Waals surface area contributed by atoms with Gasteiger partial charge in [0.05, 0.1) is 0 Å². The summed E-state index contributed by atoms with van der Waals surface area (Å²) in [6.07, 6.45) is 1.55. The number of nitrogens with one attached hydrogen (secondary N) is 1. The Balaban J connectivity index is 1.87. The molecule has 19 heavy (non-hydrogen) atoms. The van der Waals surface area contributed by atoms with Crippen molar-refractivity contribution in [1.29, 1.82) is 0 Å². The first kappa shape index (κ1) is 12.0. The van der Waals surface area contributed by atoms with Crippen LogP contribution in [0.3, 0.4) is 0 Å². The summed E-state index contributed by atoms with van der Waals surface area (Å²) in [4.78, 5) is 4.20. The van der Waals surface area contributed by atoms with E-state index in [1.807, 2.05) is 43.3 Å². The molecule has 0 aliphatic rings. The molecule has 0 amide bonds. The molecule has 4 nitrogen and oxygen atoms in total. The van der Waals surface area contributed by atoms with Crippen molar-refractivity contribution in [3.05, 3.63) is 58.9 Å². The maximum Gasteiger partial charge on any atom is 0.157 e. The monoisotopic (exact) mass is 272 g/mol. The highest BCUT2D eigenvalue weighted by Gasteiger charge is 2.03. The molecule has 0 fully saturated rings. The maximum absolute atomic E-state index is 5.97. The molecule has 0 radical (unpaired) electrons. The van der Waals surface area contributed by atoms with Gasteiger partial charge in [0.1, 0.15) is 12.1 Å². The largest absolute Gasteiger partial charge is 0.366 e. The second-order valence-corrected chi connectivity index (χ2v) is 4.87. The quantitative estimate of drug-likeness (QED) is 0.795. The molecule has 0 spiro atoms. The molecule has 0 saturated heterocycles. The standard InChI is InChI=1S/C14H13ClN4/c1-10-5-13(19-14(6-10)17-9-18-19)16-8-11-3-2-4-12(15)7-11/h2-7,9,16H,8H2,1H3. The fraction of sp³-hybridized carbons (Fsp3) is 0.143. The predicted octanol–water partition coefficient (Wildman–Crippen LogP) is 3.30. The Kier molecular flexibility index (Phi) is 3.09. The van der Waals surface area contributed by atoms with Crippen molar-refractivity contribution in [3.63, 3.8) is 0 Å². The third-order valence-electron chi connectivity index (χ3n) is 2.89. The summed E-state index contributed by atoms with van der Waals surface area (Å²) in [5.74, 6) is 0.924. The van der Waals surface area contributed by atoms with Crippen LogP contribution in [-0.2, 0) is 6.54 Å². The summed E-state index contributed by atoms with van der Waals surface area (Å²) >= 11 is 5.97. The van der Waals surface area contributed by atoms with Crippen molar-refractivity contribution >= 4 is 23.1 Å². The van der Waals surface area contributed by atoms with E-state index in [1.54, 1.807) is 10.8 Å². The smallest absolute Gasteiger partial charge is 0.157 e. The zero-order valence-electron chi connectivity index (χ0n) is 10.5. The van der Waals surface area contributed by atoms with Gasteiger partial charge in [-0.15, -0.1) is 0 Å². The SMILES string of the molecule is Cc1cc(NCc2cccc(Cl)c2)n2ncnc2c1. The Labute approximate surface area is 116 Å². The molecule has 96 valence electrons. The normalized spacial score (nSPS) is 10.8. The first-order valence-electron chi connectivity index (χ1n) is 6.01. The van der Waals surface area contributed by atoms with E-state index in [1.165, 1.54) is 0 Å². The fourth-order valence-electron chi connectivity index (χ4n) is 2.02. The third kappa shape index (κ3) is 2.53. The van der Waals surface area contributed by atoms with Crippen LogP contribution in [-0.4, -0.2) is 14.6 Å². The third-order valence-corrected chi connectivity index (χ3v) is 3.12. The summed E-state index contributed by atoms with van der Waals surface area (Å²) in [5.41, 5.74) is 3.12. The van der Waals surface area contributed by atoms with Gasteiger partial charge in [-0.25, -0.2) is 4.98 Å². The summed E-state index contributed by atoms with van der Waals surface area (Å²) < 4.78 is 1.79. The Morgan fingerprint density at radius 1 is 1.26 bits per heavy atom. The molecule has 2 aromatic heterocycles. The number of rotatable bonds is 3. The summed E-state index contributed by atoms with van der Waals surface area (Å²) in [6, 6.07) is 11.8. The number of fused-ring (bicyclic) bond motifs is 1. The maximum atomic E-state index is 5.97. The van der Waals surface area contributed by atoms with Gasteiger partial charge in [-0.2, -0.15) is 9.61 Å². The number of anilines is 1. The van der Waals surface area contributed by atoms with Crippen molar-refractivity contribution < 1.29 is 0 Å². The topological polar surface area (TPSA) is 42.2 Å². The molecule has 0 atom stereocenters. The molecule has 0 aliphatic carbocycles. The number of benzene rings is 1. The van der Waals surface area contributed by atoms with Gasteiger partial charge in [0.2, 0.25) is 0 Å². The van der Waals surface area contributed by atoms with Gasteiger partial charge in [-0.3, -0.25) is 0 Å². The van der Waals surface area contributed by atoms with Crippen LogP contribution in [0.15, 0.2) is 42.7 Å². The zero-order valence-corrected chi connectivity index (χ0v) is 11.2. The number of aryl methyl sites for hydroxylation is 1. The van der Waals surface area contributed by atoms with Crippen LogP contribution in [0.2, 0.25) is 5.02 Å². The highest BCUT2D eigenvalue weighted by molar-refractivity contribution is 6.30. The van der Waals surface area contributed by atoms with Crippen molar-refractivity contribution in [1.82, 2.24) is 14.6 Å². The van der Waals surface area contributed by atoms with Crippen molar-refractivity contribution in [2.24, 2.45) is 0 Å². The van der Waals surface area contributed by atoms with E-state index in [-0.39, 0.29) is 0 Å². The van der Waals surface area contributed by atoms with Crippen LogP contribution in [0, 0.1) is 6.92 Å². The summed E-state index contributed by atoms with van der Waals surface area (Å²) in [5, 5.41) is 8.31. The Morgan fingerprint density at radius 3 is 3.00 bits per heavy atom. The lowest BCUT2D eigenvalue weighted by Crippen LogP contribution is -2.05. The molecule has 0 unspecified atom stereocenters. The van der Waals surface area contributed by atoms with Gasteiger partial charge in [0, 0.05) is 11.6 Å². The number of hydrogen-bond donors (Lipinski definition) is 1. The lowest BCUT2D eigenvalue weighted by molar-refractivity contribution is 0.941. The molecule has 1 N–H and O–H groups in total. The van der Waals surface area contributed by atoms with Crippen LogP contribution in [0.5, 0.6) is 0 Å². The van der Waals surface area contributed by atoms with Crippen LogP contribution >= 0.6 is 11.6 Å².